The van der Waals surface area contributed by atoms with E-state index in [1.54, 1.807) is 6.20 Å². The van der Waals surface area contributed by atoms with Gasteiger partial charge in [-0.15, -0.1) is 0 Å². The fourth-order valence-electron chi connectivity index (χ4n) is 4.40. The lowest BCUT2D eigenvalue weighted by molar-refractivity contribution is 0.881. The van der Waals surface area contributed by atoms with Crippen LogP contribution in [0.1, 0.15) is 0 Å². The van der Waals surface area contributed by atoms with Crippen LogP contribution in [0.5, 0.6) is 0 Å². The highest BCUT2D eigenvalue weighted by Gasteiger charge is 2.10. The van der Waals surface area contributed by atoms with Gasteiger partial charge < -0.3 is 5.32 Å². The molecule has 36 heavy (non-hydrogen) atoms. The third-order valence-corrected chi connectivity index (χ3v) is 6.23. The van der Waals surface area contributed by atoms with Crippen LogP contribution in [0, 0.1) is 0 Å². The maximum absolute atomic E-state index is 4.47. The average Bonchev–Trinajstić information content (AvgIpc) is 3.50. The van der Waals surface area contributed by atoms with Gasteiger partial charge in [-0.2, -0.15) is 5.10 Å². The number of rotatable bonds is 6. The van der Waals surface area contributed by atoms with Crippen molar-refractivity contribution in [3.63, 3.8) is 0 Å². The molecule has 1 N–H and O–H groups in total. The summed E-state index contributed by atoms with van der Waals surface area (Å²) in [6, 6.07) is 41.8. The van der Waals surface area contributed by atoms with E-state index in [-0.39, 0.29) is 0 Å². The minimum absolute atomic E-state index is 0.975. The minimum atomic E-state index is 0.975. The van der Waals surface area contributed by atoms with E-state index in [0.717, 1.165) is 50.6 Å². The van der Waals surface area contributed by atoms with Gasteiger partial charge in [0.1, 0.15) is 0 Å². The van der Waals surface area contributed by atoms with E-state index in [1.807, 2.05) is 41.3 Å². The maximum Gasteiger partial charge on any atom is 0.0701 e. The van der Waals surface area contributed by atoms with Crippen LogP contribution in [-0.4, -0.2) is 14.8 Å². The summed E-state index contributed by atoms with van der Waals surface area (Å²) in [7, 11) is 0. The highest BCUT2D eigenvalue weighted by molar-refractivity contribution is 5.87. The first-order valence-corrected chi connectivity index (χ1v) is 11.9. The van der Waals surface area contributed by atoms with Gasteiger partial charge in [-0.1, -0.05) is 78.9 Å². The molecule has 0 amide bonds. The Balaban J connectivity index is 1.31. The Morgan fingerprint density at radius 3 is 1.67 bits per heavy atom. The van der Waals surface area contributed by atoms with E-state index in [1.165, 1.54) is 0 Å². The van der Waals surface area contributed by atoms with Gasteiger partial charge in [-0.05, 0) is 53.6 Å². The third kappa shape index (κ3) is 4.40. The predicted octanol–water partition coefficient (Wildman–Crippen LogP) is 8.01. The summed E-state index contributed by atoms with van der Waals surface area (Å²) in [5, 5.41) is 8.02. The first kappa shape index (κ1) is 21.6. The zero-order valence-corrected chi connectivity index (χ0v) is 19.6. The van der Waals surface area contributed by atoms with Crippen molar-refractivity contribution in [3.8, 4) is 39.2 Å². The molecule has 0 atom stereocenters. The molecule has 0 bridgehead atoms. The van der Waals surface area contributed by atoms with Crippen LogP contribution < -0.4 is 5.32 Å². The lowest BCUT2D eigenvalue weighted by atomic mass is 9.99. The molecule has 0 unspecified atom stereocenters. The molecule has 0 fully saturated rings. The summed E-state index contributed by atoms with van der Waals surface area (Å²) in [6.07, 6.45) is 5.56. The lowest BCUT2D eigenvalue weighted by Gasteiger charge is -2.16. The largest absolute Gasteiger partial charge is 0.355 e. The third-order valence-electron chi connectivity index (χ3n) is 6.23. The summed E-state index contributed by atoms with van der Waals surface area (Å²) in [5.74, 6) is 0. The number of para-hydroxylation sites is 2. The van der Waals surface area contributed by atoms with Gasteiger partial charge in [0.15, 0.2) is 0 Å². The Kier molecular flexibility index (Phi) is 5.83. The topological polar surface area (TPSA) is 42.7 Å². The van der Waals surface area contributed by atoms with Crippen LogP contribution >= 0.6 is 0 Å². The minimum Gasteiger partial charge on any atom is -0.355 e. The van der Waals surface area contributed by atoms with Crippen LogP contribution in [0.4, 0.5) is 11.4 Å². The second-order valence-electron chi connectivity index (χ2n) is 8.51. The normalized spacial score (nSPS) is 10.8. The van der Waals surface area contributed by atoms with Gasteiger partial charge in [0.25, 0.3) is 0 Å². The van der Waals surface area contributed by atoms with Crippen LogP contribution in [-0.2, 0) is 0 Å². The van der Waals surface area contributed by atoms with Gasteiger partial charge >= 0.3 is 0 Å². The van der Waals surface area contributed by atoms with Crippen molar-refractivity contribution in [2.24, 2.45) is 0 Å². The average molecular weight is 465 g/mol. The Bertz CT molecular complexity index is 1570. The maximum atomic E-state index is 4.47. The van der Waals surface area contributed by atoms with Crippen molar-refractivity contribution < 1.29 is 0 Å². The highest BCUT2D eigenvalue weighted by atomic mass is 15.3. The van der Waals surface area contributed by atoms with Crippen LogP contribution in [0.15, 0.2) is 140 Å². The van der Waals surface area contributed by atoms with Crippen LogP contribution in [0.2, 0.25) is 0 Å². The molecule has 6 rings (SSSR count). The molecular formula is C32H24N4. The standard InChI is InChI=1S/C32H24N4/c1-3-11-31(28(8-1)24-13-15-26(16-14-24)30-10-5-6-21-33-30)35-32-12-4-2-9-29(32)25-17-19-27(20-18-25)36-23-7-22-34-36/h1-23,35H. The second kappa shape index (κ2) is 9.72. The van der Waals surface area contributed by atoms with Crippen molar-refractivity contribution in [1.82, 2.24) is 14.8 Å². The number of hydrogen-bond acceptors (Lipinski definition) is 3. The fourth-order valence-corrected chi connectivity index (χ4v) is 4.40. The molecule has 0 saturated carbocycles. The number of benzene rings is 4. The Labute approximate surface area is 210 Å². The summed E-state index contributed by atoms with van der Waals surface area (Å²) in [4.78, 5) is 4.47. The Morgan fingerprint density at radius 2 is 1.08 bits per heavy atom. The molecule has 0 aliphatic rings. The summed E-state index contributed by atoms with van der Waals surface area (Å²) >= 11 is 0. The fraction of sp³-hybridized carbons (Fsp3) is 0. The number of aromatic nitrogens is 3. The van der Waals surface area contributed by atoms with Crippen LogP contribution in [0.3, 0.4) is 0 Å². The molecule has 4 aromatic carbocycles. The molecule has 6 aromatic rings. The van der Waals surface area contributed by atoms with Gasteiger partial charge in [0.05, 0.1) is 11.4 Å². The van der Waals surface area contributed by atoms with Crippen LogP contribution in [0.25, 0.3) is 39.2 Å². The highest BCUT2D eigenvalue weighted by Crippen LogP contribution is 2.35. The van der Waals surface area contributed by atoms with Crippen molar-refractivity contribution in [2.75, 3.05) is 5.32 Å². The molecule has 2 aromatic heterocycles. The molecule has 4 nitrogen and oxygen atoms in total. The lowest BCUT2D eigenvalue weighted by Crippen LogP contribution is -1.97. The number of hydrogen-bond donors (Lipinski definition) is 1. The molecule has 4 heteroatoms. The summed E-state index contributed by atoms with van der Waals surface area (Å²) in [5.41, 5.74) is 9.82. The molecule has 172 valence electrons. The molecule has 0 aliphatic carbocycles. The number of nitrogens with one attached hydrogen (secondary N) is 1. The van der Waals surface area contributed by atoms with Gasteiger partial charge in [0, 0.05) is 46.7 Å². The zero-order valence-electron chi connectivity index (χ0n) is 19.6. The van der Waals surface area contributed by atoms with E-state index >= 15 is 0 Å². The van der Waals surface area contributed by atoms with Gasteiger partial charge in [-0.3, -0.25) is 4.98 Å². The first-order chi connectivity index (χ1) is 17.8. The van der Waals surface area contributed by atoms with Gasteiger partial charge in [-0.25, -0.2) is 4.68 Å². The van der Waals surface area contributed by atoms with E-state index < -0.39 is 0 Å². The monoisotopic (exact) mass is 464 g/mol. The van der Waals surface area contributed by atoms with E-state index in [4.69, 9.17) is 0 Å². The number of nitrogens with zero attached hydrogens (tertiary/aromatic N) is 3. The number of anilines is 2. The molecule has 2 heterocycles. The van der Waals surface area contributed by atoms with Gasteiger partial charge in [0.2, 0.25) is 0 Å². The molecule has 0 saturated heterocycles. The predicted molar refractivity (Wildman–Crippen MR) is 147 cm³/mol. The van der Waals surface area contributed by atoms with Crippen molar-refractivity contribution in [3.05, 3.63) is 140 Å². The summed E-state index contributed by atoms with van der Waals surface area (Å²) in [6.45, 7) is 0. The Morgan fingerprint density at radius 1 is 0.500 bits per heavy atom. The molecular weight excluding hydrogens is 440 g/mol. The molecule has 0 aliphatic heterocycles. The zero-order chi connectivity index (χ0) is 24.2. The van der Waals surface area contributed by atoms with E-state index in [9.17, 15) is 0 Å². The first-order valence-electron chi connectivity index (χ1n) is 11.9. The smallest absolute Gasteiger partial charge is 0.0701 e. The van der Waals surface area contributed by atoms with E-state index in [0.29, 0.717) is 0 Å². The summed E-state index contributed by atoms with van der Waals surface area (Å²) < 4.78 is 1.86. The quantitative estimate of drug-likeness (QED) is 0.271. The second-order valence-corrected chi connectivity index (χ2v) is 8.51. The van der Waals surface area contributed by atoms with E-state index in [2.05, 4.69) is 112 Å². The number of pyridine rings is 1. The van der Waals surface area contributed by atoms with Crippen molar-refractivity contribution >= 4 is 11.4 Å². The SMILES string of the molecule is c1ccc(-c2ccc(-c3ccccc3Nc3ccccc3-c3ccc(-n4cccn4)cc3)cc2)nc1. The molecule has 0 spiro atoms. The Hall–Kier alpha value is -4.96. The van der Waals surface area contributed by atoms with Crippen molar-refractivity contribution in [1.29, 1.82) is 0 Å². The van der Waals surface area contributed by atoms with Crippen molar-refractivity contribution in [2.45, 2.75) is 0 Å². The molecule has 0 radical (unpaired) electrons.